The third-order valence-corrected chi connectivity index (χ3v) is 5.70. The van der Waals surface area contributed by atoms with Gasteiger partial charge in [0.2, 0.25) is 0 Å². The van der Waals surface area contributed by atoms with E-state index >= 15 is 0 Å². The fourth-order valence-corrected chi connectivity index (χ4v) is 3.92. The van der Waals surface area contributed by atoms with Gasteiger partial charge >= 0.3 is 5.97 Å². The first kappa shape index (κ1) is 23.5. The number of hydrogen-bond acceptors (Lipinski definition) is 4. The highest BCUT2D eigenvalue weighted by Crippen LogP contribution is 2.29. The molecule has 4 nitrogen and oxygen atoms in total. The molecule has 0 saturated carbocycles. The third kappa shape index (κ3) is 6.25. The van der Waals surface area contributed by atoms with E-state index in [0.717, 1.165) is 28.0 Å². The van der Waals surface area contributed by atoms with Crippen LogP contribution in [0, 0.1) is 11.3 Å². The number of nitriles is 1. The number of carbonyl (C=O) groups excluding carboxylic acids is 1. The van der Waals surface area contributed by atoms with Crippen molar-refractivity contribution in [1.82, 2.24) is 0 Å². The summed E-state index contributed by atoms with van der Waals surface area (Å²) in [6.07, 6.45) is 1.99. The Kier molecular flexibility index (Phi) is 7.73. The van der Waals surface area contributed by atoms with Crippen molar-refractivity contribution >= 4 is 17.6 Å². The van der Waals surface area contributed by atoms with E-state index < -0.39 is 0 Å². The maximum absolute atomic E-state index is 12.9. The van der Waals surface area contributed by atoms with Crippen LogP contribution in [0.3, 0.4) is 0 Å². The molecule has 0 atom stereocenters. The van der Waals surface area contributed by atoms with Crippen molar-refractivity contribution in [3.8, 4) is 17.6 Å². The molecule has 0 saturated heterocycles. The molecule has 172 valence electrons. The lowest BCUT2D eigenvalue weighted by Gasteiger charge is -2.17. The number of methoxy groups -OCH3 is 1. The van der Waals surface area contributed by atoms with Crippen LogP contribution in [-0.2, 0) is 4.79 Å². The fraction of sp³-hybridized carbons (Fsp3) is 0.0968. The van der Waals surface area contributed by atoms with Crippen LogP contribution in [0.25, 0.3) is 11.6 Å². The highest BCUT2D eigenvalue weighted by molar-refractivity contribution is 5.90. The van der Waals surface area contributed by atoms with E-state index in [1.807, 2.05) is 97.1 Å². The highest BCUT2D eigenvalue weighted by Gasteiger charge is 2.19. The van der Waals surface area contributed by atoms with Gasteiger partial charge in [-0.05, 0) is 64.7 Å². The monoisotopic (exact) mass is 459 g/mol. The van der Waals surface area contributed by atoms with Crippen LogP contribution in [0.5, 0.6) is 11.5 Å². The van der Waals surface area contributed by atoms with E-state index in [1.54, 1.807) is 25.3 Å². The summed E-state index contributed by atoms with van der Waals surface area (Å²) in [7, 11) is 1.60. The Labute approximate surface area is 205 Å². The van der Waals surface area contributed by atoms with Crippen molar-refractivity contribution in [1.29, 1.82) is 5.26 Å². The predicted molar refractivity (Wildman–Crippen MR) is 138 cm³/mol. The topological polar surface area (TPSA) is 59.3 Å². The first-order chi connectivity index (χ1) is 17.2. The largest absolute Gasteiger partial charge is 0.497 e. The lowest BCUT2D eigenvalue weighted by Crippen LogP contribution is -2.14. The molecule has 0 amide bonds. The zero-order valence-corrected chi connectivity index (χ0v) is 19.4. The molecule has 4 heteroatoms. The lowest BCUT2D eigenvalue weighted by molar-refractivity contribution is -0.134. The molecule has 0 aromatic heterocycles. The van der Waals surface area contributed by atoms with Gasteiger partial charge in [0.05, 0.1) is 25.2 Å². The van der Waals surface area contributed by atoms with Gasteiger partial charge in [0.25, 0.3) is 0 Å². The van der Waals surface area contributed by atoms with Gasteiger partial charge in [-0.3, -0.25) is 4.79 Å². The molecule has 0 fully saturated rings. The van der Waals surface area contributed by atoms with Crippen LogP contribution in [0.15, 0.2) is 109 Å². The number of nitrogens with zero attached hydrogens (tertiary/aromatic N) is 1. The fourth-order valence-electron chi connectivity index (χ4n) is 3.92. The SMILES string of the molecule is COc1ccc(/C(C#N)=C\c2cccc(OC(=O)CC(c3ccccc3)c3ccccc3)c2)cc1. The van der Waals surface area contributed by atoms with Crippen LogP contribution in [-0.4, -0.2) is 13.1 Å². The molecule has 0 heterocycles. The van der Waals surface area contributed by atoms with E-state index in [9.17, 15) is 10.1 Å². The van der Waals surface area contributed by atoms with Gasteiger partial charge in [0.15, 0.2) is 0 Å². The van der Waals surface area contributed by atoms with Crippen molar-refractivity contribution in [3.05, 3.63) is 131 Å². The third-order valence-electron chi connectivity index (χ3n) is 5.70. The lowest BCUT2D eigenvalue weighted by atomic mass is 9.88. The zero-order chi connectivity index (χ0) is 24.5. The second-order valence-electron chi connectivity index (χ2n) is 8.02. The number of esters is 1. The molecule has 0 aliphatic heterocycles. The second-order valence-corrected chi connectivity index (χ2v) is 8.02. The molecule has 0 aliphatic carbocycles. The Morgan fingerprint density at radius 3 is 2.03 bits per heavy atom. The van der Waals surface area contributed by atoms with Gasteiger partial charge in [-0.25, -0.2) is 0 Å². The van der Waals surface area contributed by atoms with E-state index in [1.165, 1.54) is 0 Å². The summed E-state index contributed by atoms with van der Waals surface area (Å²) in [6, 6.07) is 36.7. The van der Waals surface area contributed by atoms with Gasteiger partial charge in [-0.2, -0.15) is 5.26 Å². The minimum Gasteiger partial charge on any atom is -0.497 e. The first-order valence-corrected chi connectivity index (χ1v) is 11.3. The average Bonchev–Trinajstić information content (AvgIpc) is 2.91. The molecule has 0 unspecified atom stereocenters. The molecule has 0 aliphatic rings. The van der Waals surface area contributed by atoms with Crippen LogP contribution < -0.4 is 9.47 Å². The molecule has 0 bridgehead atoms. The molecule has 4 rings (SSSR count). The molecule has 4 aromatic rings. The molecule has 35 heavy (non-hydrogen) atoms. The number of ether oxygens (including phenoxy) is 2. The molecule has 4 aromatic carbocycles. The van der Waals surface area contributed by atoms with Crippen LogP contribution in [0.2, 0.25) is 0 Å². The second kappa shape index (κ2) is 11.5. The number of carbonyl (C=O) groups is 1. The Morgan fingerprint density at radius 1 is 0.829 bits per heavy atom. The molecule has 0 spiro atoms. The summed E-state index contributed by atoms with van der Waals surface area (Å²) in [5.41, 5.74) is 4.18. The summed E-state index contributed by atoms with van der Waals surface area (Å²) in [4.78, 5) is 12.9. The summed E-state index contributed by atoms with van der Waals surface area (Å²) >= 11 is 0. The summed E-state index contributed by atoms with van der Waals surface area (Å²) < 4.78 is 10.9. The number of rotatable bonds is 8. The molecule has 0 radical (unpaired) electrons. The van der Waals surface area contributed by atoms with Crippen molar-refractivity contribution in [3.63, 3.8) is 0 Å². The van der Waals surface area contributed by atoms with E-state index in [4.69, 9.17) is 9.47 Å². The van der Waals surface area contributed by atoms with E-state index in [2.05, 4.69) is 6.07 Å². The number of hydrogen-bond donors (Lipinski definition) is 0. The molecular formula is C31H25NO3. The average molecular weight is 460 g/mol. The summed E-state index contributed by atoms with van der Waals surface area (Å²) in [5.74, 6) is 0.743. The Bertz CT molecular complexity index is 1300. The Morgan fingerprint density at radius 2 is 1.46 bits per heavy atom. The van der Waals surface area contributed by atoms with Crippen molar-refractivity contribution < 1.29 is 14.3 Å². The van der Waals surface area contributed by atoms with E-state index in [-0.39, 0.29) is 18.3 Å². The van der Waals surface area contributed by atoms with E-state index in [0.29, 0.717) is 11.3 Å². The van der Waals surface area contributed by atoms with Gasteiger partial charge < -0.3 is 9.47 Å². The maximum Gasteiger partial charge on any atom is 0.312 e. The number of benzene rings is 4. The summed E-state index contributed by atoms with van der Waals surface area (Å²) in [6.45, 7) is 0. The Balaban J connectivity index is 1.52. The van der Waals surface area contributed by atoms with Crippen molar-refractivity contribution in [2.75, 3.05) is 7.11 Å². The minimum atomic E-state index is -0.320. The quantitative estimate of drug-likeness (QED) is 0.125. The number of allylic oxidation sites excluding steroid dienone is 1. The molecule has 0 N–H and O–H groups in total. The zero-order valence-electron chi connectivity index (χ0n) is 19.4. The van der Waals surface area contributed by atoms with Gasteiger partial charge in [-0.15, -0.1) is 0 Å². The highest BCUT2D eigenvalue weighted by atomic mass is 16.5. The maximum atomic E-state index is 12.9. The van der Waals surface area contributed by atoms with Gasteiger partial charge in [0.1, 0.15) is 11.5 Å². The summed E-state index contributed by atoms with van der Waals surface area (Å²) in [5, 5.41) is 9.66. The Hall–Kier alpha value is -4.62. The smallest absolute Gasteiger partial charge is 0.312 e. The van der Waals surface area contributed by atoms with Crippen molar-refractivity contribution in [2.24, 2.45) is 0 Å². The van der Waals surface area contributed by atoms with Crippen LogP contribution in [0.1, 0.15) is 34.6 Å². The van der Waals surface area contributed by atoms with Crippen LogP contribution in [0.4, 0.5) is 0 Å². The standard InChI is InChI=1S/C31H25NO3/c1-34-28-17-15-24(16-18-28)27(22-32)19-23-9-8-14-29(20-23)35-31(33)21-30(25-10-4-2-5-11-25)26-12-6-3-7-13-26/h2-20,30H,21H2,1H3/b27-19-. The normalized spacial score (nSPS) is 11.1. The van der Waals surface area contributed by atoms with Gasteiger partial charge in [-0.1, -0.05) is 72.8 Å². The van der Waals surface area contributed by atoms with Crippen LogP contribution >= 0.6 is 0 Å². The van der Waals surface area contributed by atoms with Crippen molar-refractivity contribution in [2.45, 2.75) is 12.3 Å². The first-order valence-electron chi connectivity index (χ1n) is 11.3. The molecular weight excluding hydrogens is 434 g/mol. The van der Waals surface area contributed by atoms with Gasteiger partial charge in [0, 0.05) is 5.92 Å². The minimum absolute atomic E-state index is 0.103. The predicted octanol–water partition coefficient (Wildman–Crippen LogP) is 6.89.